The Kier molecular flexibility index (Phi) is 63.0. The summed E-state index contributed by atoms with van der Waals surface area (Å²) < 4.78 is 68.2. The van der Waals surface area contributed by atoms with E-state index in [2.05, 4.69) is 34.6 Å². The third-order valence-electron chi connectivity index (χ3n) is 16.5. The van der Waals surface area contributed by atoms with Crippen LogP contribution >= 0.6 is 15.6 Å². The average Bonchev–Trinajstić information content (AvgIpc) is 2.87. The summed E-state index contributed by atoms with van der Waals surface area (Å²) in [5.41, 5.74) is 0. The van der Waals surface area contributed by atoms with Crippen molar-refractivity contribution in [3.63, 3.8) is 0 Å². The number of unbranched alkanes of at least 4 members (excludes halogenated alkanes) is 43. The fourth-order valence-corrected chi connectivity index (χ4v) is 12.4. The van der Waals surface area contributed by atoms with Gasteiger partial charge in [-0.25, -0.2) is 9.13 Å². The highest BCUT2D eigenvalue weighted by Gasteiger charge is 2.30. The number of aliphatic hydroxyl groups is 1. The summed E-state index contributed by atoms with van der Waals surface area (Å²) in [5.74, 6) is -1.46. The van der Waals surface area contributed by atoms with E-state index in [1.54, 1.807) is 0 Å². The lowest BCUT2D eigenvalue weighted by atomic mass is 10.0. The largest absolute Gasteiger partial charge is 0.472 e. The summed E-state index contributed by atoms with van der Waals surface area (Å²) >= 11 is 0. The van der Waals surface area contributed by atoms with Gasteiger partial charge in [0.1, 0.15) is 19.3 Å². The Morgan fingerprint density at radius 3 is 0.756 bits per heavy atom. The SMILES string of the molecule is CCCCCCCCCCCCCCCCCCC(=O)OC[C@H](COP(=O)(O)OC[C@@H](O)COP(=O)(O)OC[C@@H](COC(=O)CCCCCCCCCCC)OC(=O)CCCCCCCCC(C)C)OC(=O)CCCCCCCCCCCCCCCCCC. The highest BCUT2D eigenvalue weighted by atomic mass is 31.2. The van der Waals surface area contributed by atoms with Gasteiger partial charge < -0.3 is 33.8 Å². The van der Waals surface area contributed by atoms with Crippen molar-refractivity contribution in [1.29, 1.82) is 0 Å². The van der Waals surface area contributed by atoms with Gasteiger partial charge in [0.2, 0.25) is 0 Å². The second kappa shape index (κ2) is 64.4. The quantitative estimate of drug-likeness (QED) is 0.0222. The summed E-state index contributed by atoms with van der Waals surface area (Å²) in [6, 6.07) is 0. The lowest BCUT2D eigenvalue weighted by Gasteiger charge is -2.21. The Morgan fingerprint density at radius 1 is 0.300 bits per heavy atom. The minimum absolute atomic E-state index is 0.102. The first-order valence-corrected chi connectivity index (χ1v) is 40.1. The molecule has 0 aliphatic heterocycles. The summed E-state index contributed by atoms with van der Waals surface area (Å²) in [6.45, 7) is 7.15. The maximum absolute atomic E-state index is 13.0. The third-order valence-corrected chi connectivity index (χ3v) is 18.4. The maximum atomic E-state index is 13.0. The number of rotatable bonds is 71. The maximum Gasteiger partial charge on any atom is 0.472 e. The lowest BCUT2D eigenvalue weighted by Crippen LogP contribution is -2.30. The van der Waals surface area contributed by atoms with Gasteiger partial charge in [0.05, 0.1) is 26.4 Å². The van der Waals surface area contributed by atoms with E-state index in [0.29, 0.717) is 31.6 Å². The number of phosphoric acid groups is 2. The van der Waals surface area contributed by atoms with Crippen molar-refractivity contribution < 1.29 is 80.2 Å². The Morgan fingerprint density at radius 2 is 0.511 bits per heavy atom. The average molecular weight is 1330 g/mol. The standard InChI is InChI=1S/C71H138O17P2/c1-6-9-12-15-18-21-23-25-27-29-31-33-36-39-45-50-55-69(74)82-60-66(87-70(75)56-51-46-40-37-34-32-30-28-26-24-22-19-16-13-10-7-2)62-85-89(77,78)83-58-65(72)59-84-90(79,80)86-63-67(88-71(76)57-52-47-42-41-43-48-53-64(4)5)61-81-68(73)54-49-44-38-35-20-17-14-11-8-3/h64-67,72H,6-63H2,1-5H3,(H,77,78)(H,79,80)/t65-,66-,67-/m1/s1. The number of hydrogen-bond acceptors (Lipinski definition) is 15. The van der Waals surface area contributed by atoms with E-state index in [1.807, 2.05) is 0 Å². The zero-order valence-corrected chi connectivity index (χ0v) is 60.1. The summed E-state index contributed by atoms with van der Waals surface area (Å²) in [4.78, 5) is 72.5. The molecule has 3 N–H and O–H groups in total. The van der Waals surface area contributed by atoms with Crippen molar-refractivity contribution in [3.05, 3.63) is 0 Å². The fraction of sp³-hybridized carbons (Fsp3) is 0.944. The molecule has 0 aromatic rings. The van der Waals surface area contributed by atoms with Gasteiger partial charge in [-0.2, -0.15) is 0 Å². The van der Waals surface area contributed by atoms with Gasteiger partial charge in [-0.15, -0.1) is 0 Å². The number of carbonyl (C=O) groups is 4. The van der Waals surface area contributed by atoms with Crippen LogP contribution in [0, 0.1) is 5.92 Å². The Bertz CT molecular complexity index is 1740. The molecule has 17 nitrogen and oxygen atoms in total. The van der Waals surface area contributed by atoms with E-state index >= 15 is 0 Å². The van der Waals surface area contributed by atoms with Crippen LogP contribution in [0.15, 0.2) is 0 Å². The number of aliphatic hydroxyl groups excluding tert-OH is 1. The second-order valence-electron chi connectivity index (χ2n) is 26.1. The molecule has 0 aliphatic rings. The van der Waals surface area contributed by atoms with Gasteiger partial charge in [-0.1, -0.05) is 317 Å². The molecular weight excluding hydrogens is 1190 g/mol. The molecule has 5 atom stereocenters. The molecule has 0 fully saturated rings. The topological polar surface area (TPSA) is 237 Å². The van der Waals surface area contributed by atoms with Crippen molar-refractivity contribution in [2.24, 2.45) is 5.92 Å². The number of esters is 4. The Hall–Kier alpha value is -1.94. The van der Waals surface area contributed by atoms with E-state index in [9.17, 15) is 43.2 Å². The summed E-state index contributed by atoms with van der Waals surface area (Å²) in [6.07, 6.45) is 51.5. The normalized spacial score (nSPS) is 14.1. The molecule has 0 aromatic carbocycles. The molecule has 0 bridgehead atoms. The first-order valence-electron chi connectivity index (χ1n) is 37.1. The predicted molar refractivity (Wildman–Crippen MR) is 363 cm³/mol. The van der Waals surface area contributed by atoms with Crippen LogP contribution in [0.2, 0.25) is 0 Å². The number of phosphoric ester groups is 2. The van der Waals surface area contributed by atoms with Gasteiger partial charge in [-0.05, 0) is 31.6 Å². The van der Waals surface area contributed by atoms with Crippen molar-refractivity contribution in [3.8, 4) is 0 Å². The van der Waals surface area contributed by atoms with Gasteiger partial charge in [0.15, 0.2) is 12.2 Å². The molecule has 90 heavy (non-hydrogen) atoms. The van der Waals surface area contributed by atoms with E-state index in [0.717, 1.165) is 89.9 Å². The van der Waals surface area contributed by atoms with Crippen LogP contribution in [-0.4, -0.2) is 96.7 Å². The third kappa shape index (κ3) is 64.8. The minimum Gasteiger partial charge on any atom is -0.462 e. The first-order chi connectivity index (χ1) is 43.5. The molecule has 0 radical (unpaired) electrons. The number of carbonyl (C=O) groups excluding carboxylic acids is 4. The predicted octanol–water partition coefficient (Wildman–Crippen LogP) is 20.5. The van der Waals surface area contributed by atoms with E-state index in [1.165, 1.54) is 193 Å². The minimum atomic E-state index is -4.95. The van der Waals surface area contributed by atoms with Crippen LogP contribution in [0.25, 0.3) is 0 Å². The molecule has 2 unspecified atom stereocenters. The number of ether oxygens (including phenoxy) is 4. The van der Waals surface area contributed by atoms with Crippen LogP contribution in [-0.2, 0) is 65.4 Å². The highest BCUT2D eigenvalue weighted by molar-refractivity contribution is 7.47. The van der Waals surface area contributed by atoms with Gasteiger partial charge >= 0.3 is 39.5 Å². The fourth-order valence-electron chi connectivity index (χ4n) is 10.8. The Labute approximate surface area is 549 Å². The van der Waals surface area contributed by atoms with Crippen LogP contribution < -0.4 is 0 Å². The van der Waals surface area contributed by atoms with Gasteiger partial charge in [0, 0.05) is 25.7 Å². The van der Waals surface area contributed by atoms with E-state index in [-0.39, 0.29) is 25.7 Å². The molecule has 0 saturated carbocycles. The highest BCUT2D eigenvalue weighted by Crippen LogP contribution is 2.45. The molecule has 0 rings (SSSR count). The van der Waals surface area contributed by atoms with E-state index in [4.69, 9.17) is 37.0 Å². The van der Waals surface area contributed by atoms with Crippen molar-refractivity contribution in [1.82, 2.24) is 0 Å². The van der Waals surface area contributed by atoms with Gasteiger partial charge in [-0.3, -0.25) is 37.3 Å². The number of hydrogen-bond donors (Lipinski definition) is 3. The molecule has 0 heterocycles. The lowest BCUT2D eigenvalue weighted by molar-refractivity contribution is -0.161. The zero-order chi connectivity index (χ0) is 66.3. The smallest absolute Gasteiger partial charge is 0.462 e. The second-order valence-corrected chi connectivity index (χ2v) is 29.0. The van der Waals surface area contributed by atoms with Crippen molar-refractivity contribution in [2.45, 2.75) is 387 Å². The zero-order valence-electron chi connectivity index (χ0n) is 58.3. The van der Waals surface area contributed by atoms with Crippen LogP contribution in [0.3, 0.4) is 0 Å². The van der Waals surface area contributed by atoms with Crippen LogP contribution in [0.5, 0.6) is 0 Å². The molecule has 0 aromatic heterocycles. The first kappa shape index (κ1) is 88.1. The molecule has 0 amide bonds. The van der Waals surface area contributed by atoms with Crippen LogP contribution in [0.4, 0.5) is 0 Å². The van der Waals surface area contributed by atoms with Crippen molar-refractivity contribution in [2.75, 3.05) is 39.6 Å². The van der Waals surface area contributed by atoms with E-state index < -0.39 is 97.5 Å². The molecule has 0 saturated heterocycles. The summed E-state index contributed by atoms with van der Waals surface area (Å²) in [5, 5.41) is 10.6. The van der Waals surface area contributed by atoms with Crippen molar-refractivity contribution >= 4 is 39.5 Å². The van der Waals surface area contributed by atoms with Gasteiger partial charge in [0.25, 0.3) is 0 Å². The summed E-state index contributed by atoms with van der Waals surface area (Å²) in [7, 11) is -9.90. The van der Waals surface area contributed by atoms with Crippen LogP contribution in [0.1, 0.15) is 369 Å². The molecule has 19 heteroatoms. The molecule has 0 spiro atoms. The molecular formula is C71H138O17P2. The Balaban J connectivity index is 5.20. The molecule has 0 aliphatic carbocycles. The monoisotopic (exact) mass is 1320 g/mol. The molecule has 534 valence electrons.